The predicted octanol–water partition coefficient (Wildman–Crippen LogP) is 2.08. The highest BCUT2D eigenvalue weighted by Crippen LogP contribution is 2.23. The third kappa shape index (κ3) is 2.92. The molecule has 0 fully saturated rings. The average Bonchev–Trinajstić information content (AvgIpc) is 2.54. The van der Waals surface area contributed by atoms with Gasteiger partial charge in [0.25, 0.3) is 10.0 Å². The number of hydrogen-bond acceptors (Lipinski definition) is 4. The van der Waals surface area contributed by atoms with Gasteiger partial charge in [0.2, 0.25) is 0 Å². The molecule has 7 heteroatoms. The summed E-state index contributed by atoms with van der Waals surface area (Å²) in [6, 6.07) is 13.1. The molecule has 2 aromatic carbocycles. The second-order valence-electron chi connectivity index (χ2n) is 4.46. The highest BCUT2D eigenvalue weighted by Gasteiger charge is 2.22. The molecule has 0 heterocycles. The van der Waals surface area contributed by atoms with Crippen LogP contribution in [0.5, 0.6) is 0 Å². The van der Waals surface area contributed by atoms with E-state index >= 15 is 0 Å². The van der Waals surface area contributed by atoms with E-state index in [1.54, 1.807) is 0 Å². The number of benzene rings is 2. The molecule has 0 saturated carbocycles. The lowest BCUT2D eigenvalue weighted by Gasteiger charge is -2.19. The zero-order chi connectivity index (χ0) is 16.3. The van der Waals surface area contributed by atoms with Crippen LogP contribution in [0.4, 0.5) is 5.69 Å². The lowest BCUT2D eigenvalue weighted by atomic mass is 10.2. The normalized spacial score (nSPS) is 10.7. The van der Waals surface area contributed by atoms with E-state index in [1.165, 1.54) is 49.5 Å². The summed E-state index contributed by atoms with van der Waals surface area (Å²) >= 11 is 0. The SMILES string of the molecule is CN(c1ccc(C#N)cc1)S(=O)(=O)c1cccc(C(=O)O)c1. The van der Waals surface area contributed by atoms with Crippen LogP contribution in [0.25, 0.3) is 0 Å². The van der Waals surface area contributed by atoms with Crippen LogP contribution in [0.2, 0.25) is 0 Å². The quantitative estimate of drug-likeness (QED) is 0.931. The van der Waals surface area contributed by atoms with Crippen molar-refractivity contribution in [2.75, 3.05) is 11.4 Å². The fourth-order valence-corrected chi connectivity index (χ4v) is 3.07. The minimum Gasteiger partial charge on any atom is -0.478 e. The molecule has 0 aliphatic heterocycles. The molecule has 0 unspecified atom stereocenters. The zero-order valence-corrected chi connectivity index (χ0v) is 12.4. The third-order valence-electron chi connectivity index (χ3n) is 3.10. The van der Waals surface area contributed by atoms with Crippen molar-refractivity contribution in [2.24, 2.45) is 0 Å². The van der Waals surface area contributed by atoms with E-state index in [0.29, 0.717) is 11.3 Å². The van der Waals surface area contributed by atoms with Gasteiger partial charge in [-0.1, -0.05) is 6.07 Å². The summed E-state index contributed by atoms with van der Waals surface area (Å²) < 4.78 is 26.1. The first-order valence-corrected chi connectivity index (χ1v) is 7.62. The molecule has 112 valence electrons. The van der Waals surface area contributed by atoms with Crippen molar-refractivity contribution in [1.82, 2.24) is 0 Å². The van der Waals surface area contributed by atoms with E-state index < -0.39 is 16.0 Å². The molecular weight excluding hydrogens is 304 g/mol. The van der Waals surface area contributed by atoms with E-state index in [4.69, 9.17) is 10.4 Å². The van der Waals surface area contributed by atoms with Gasteiger partial charge in [0.05, 0.1) is 27.8 Å². The second kappa shape index (κ2) is 5.87. The lowest BCUT2D eigenvalue weighted by molar-refractivity contribution is 0.0696. The molecule has 0 bridgehead atoms. The first kappa shape index (κ1) is 15.5. The first-order valence-electron chi connectivity index (χ1n) is 6.18. The van der Waals surface area contributed by atoms with Crippen LogP contribution in [-0.2, 0) is 10.0 Å². The van der Waals surface area contributed by atoms with Crippen LogP contribution >= 0.6 is 0 Å². The molecule has 2 rings (SSSR count). The Morgan fingerprint density at radius 3 is 2.36 bits per heavy atom. The number of anilines is 1. The van der Waals surface area contributed by atoms with Gasteiger partial charge in [-0.25, -0.2) is 13.2 Å². The summed E-state index contributed by atoms with van der Waals surface area (Å²) in [6.07, 6.45) is 0. The topological polar surface area (TPSA) is 98.5 Å². The Morgan fingerprint density at radius 2 is 1.82 bits per heavy atom. The van der Waals surface area contributed by atoms with Crippen LogP contribution in [0.15, 0.2) is 53.4 Å². The number of rotatable bonds is 4. The number of aromatic carboxylic acids is 1. The molecule has 0 saturated heterocycles. The van der Waals surface area contributed by atoms with Gasteiger partial charge in [-0.2, -0.15) is 5.26 Å². The van der Waals surface area contributed by atoms with Crippen molar-refractivity contribution in [2.45, 2.75) is 4.90 Å². The summed E-state index contributed by atoms with van der Waals surface area (Å²) in [6.45, 7) is 0. The van der Waals surface area contributed by atoms with Gasteiger partial charge >= 0.3 is 5.97 Å². The first-order chi connectivity index (χ1) is 10.4. The minimum absolute atomic E-state index is 0.102. The highest BCUT2D eigenvalue weighted by molar-refractivity contribution is 7.92. The Labute approximate surface area is 127 Å². The zero-order valence-electron chi connectivity index (χ0n) is 11.6. The Bertz CT molecular complexity index is 852. The van der Waals surface area contributed by atoms with E-state index in [1.807, 2.05) is 6.07 Å². The molecule has 0 aromatic heterocycles. The summed E-state index contributed by atoms with van der Waals surface area (Å²) in [4.78, 5) is 10.8. The molecule has 22 heavy (non-hydrogen) atoms. The van der Waals surface area contributed by atoms with Crippen molar-refractivity contribution in [1.29, 1.82) is 5.26 Å². The second-order valence-corrected chi connectivity index (χ2v) is 6.43. The minimum atomic E-state index is -3.88. The predicted molar refractivity (Wildman–Crippen MR) is 80.1 cm³/mol. The van der Waals surface area contributed by atoms with Gasteiger partial charge in [-0.3, -0.25) is 4.31 Å². The molecule has 0 atom stereocenters. The average molecular weight is 316 g/mol. The maximum atomic E-state index is 12.5. The van der Waals surface area contributed by atoms with E-state index in [2.05, 4.69) is 0 Å². The molecule has 0 radical (unpaired) electrons. The maximum absolute atomic E-state index is 12.5. The fourth-order valence-electron chi connectivity index (χ4n) is 1.83. The summed E-state index contributed by atoms with van der Waals surface area (Å²) in [5.41, 5.74) is 0.691. The number of carboxylic acids is 1. The molecule has 1 N–H and O–H groups in total. The van der Waals surface area contributed by atoms with Crippen molar-refractivity contribution in [3.8, 4) is 6.07 Å². The van der Waals surface area contributed by atoms with E-state index in [-0.39, 0.29) is 10.5 Å². The van der Waals surface area contributed by atoms with Crippen LogP contribution < -0.4 is 4.31 Å². The van der Waals surface area contributed by atoms with Crippen LogP contribution in [0.1, 0.15) is 15.9 Å². The highest BCUT2D eigenvalue weighted by atomic mass is 32.2. The number of hydrogen-bond donors (Lipinski definition) is 1. The summed E-state index contributed by atoms with van der Waals surface area (Å²) in [5.74, 6) is -1.20. The molecule has 0 aliphatic rings. The molecular formula is C15H12N2O4S. The maximum Gasteiger partial charge on any atom is 0.335 e. The van der Waals surface area contributed by atoms with Gasteiger partial charge in [-0.15, -0.1) is 0 Å². The number of sulfonamides is 1. The molecule has 0 amide bonds. The molecule has 0 aliphatic carbocycles. The summed E-state index contributed by atoms with van der Waals surface area (Å²) in [7, 11) is -2.52. The molecule has 2 aromatic rings. The van der Waals surface area contributed by atoms with Crippen LogP contribution in [-0.4, -0.2) is 26.5 Å². The van der Waals surface area contributed by atoms with Crippen molar-refractivity contribution in [3.63, 3.8) is 0 Å². The van der Waals surface area contributed by atoms with Crippen LogP contribution in [0.3, 0.4) is 0 Å². The Balaban J connectivity index is 2.42. The number of carboxylic acid groups (broad SMARTS) is 1. The molecule has 6 nitrogen and oxygen atoms in total. The van der Waals surface area contributed by atoms with Gasteiger partial charge in [0.15, 0.2) is 0 Å². The van der Waals surface area contributed by atoms with Gasteiger partial charge in [0, 0.05) is 7.05 Å². The fraction of sp³-hybridized carbons (Fsp3) is 0.0667. The monoisotopic (exact) mass is 316 g/mol. The van der Waals surface area contributed by atoms with Crippen molar-refractivity contribution < 1.29 is 18.3 Å². The standard InChI is InChI=1S/C15H12N2O4S/c1-17(13-7-5-11(10-16)6-8-13)22(20,21)14-4-2-3-12(9-14)15(18)19/h2-9H,1H3,(H,18,19). The lowest BCUT2D eigenvalue weighted by Crippen LogP contribution is -2.26. The van der Waals surface area contributed by atoms with E-state index in [0.717, 1.165) is 10.4 Å². The number of nitrogens with zero attached hydrogens (tertiary/aromatic N) is 2. The van der Waals surface area contributed by atoms with Crippen molar-refractivity contribution in [3.05, 3.63) is 59.7 Å². The third-order valence-corrected chi connectivity index (χ3v) is 4.88. The summed E-state index contributed by atoms with van der Waals surface area (Å²) in [5, 5.41) is 17.7. The number of nitriles is 1. The van der Waals surface area contributed by atoms with Crippen molar-refractivity contribution >= 4 is 21.7 Å². The Kier molecular flexibility index (Phi) is 4.15. The largest absolute Gasteiger partial charge is 0.478 e. The van der Waals surface area contributed by atoms with E-state index in [9.17, 15) is 13.2 Å². The Morgan fingerprint density at radius 1 is 1.18 bits per heavy atom. The number of carbonyl (C=O) groups is 1. The Hall–Kier alpha value is -2.85. The van der Waals surface area contributed by atoms with Gasteiger partial charge < -0.3 is 5.11 Å². The van der Waals surface area contributed by atoms with Crippen LogP contribution in [0, 0.1) is 11.3 Å². The smallest absolute Gasteiger partial charge is 0.335 e. The molecule has 0 spiro atoms. The van der Waals surface area contributed by atoms with Gasteiger partial charge in [0.1, 0.15) is 0 Å². The van der Waals surface area contributed by atoms with Gasteiger partial charge in [-0.05, 0) is 42.5 Å².